The summed E-state index contributed by atoms with van der Waals surface area (Å²) in [4.78, 5) is 0. The highest BCUT2D eigenvalue weighted by Gasteiger charge is 2.20. The van der Waals surface area contributed by atoms with Gasteiger partial charge >= 0.3 is 0 Å². The minimum Gasteiger partial charge on any atom is -0.383 e. The smallest absolute Gasteiger partial charge is 0.138 e. The van der Waals surface area contributed by atoms with Crippen LogP contribution in [0.5, 0.6) is 0 Å². The third kappa shape index (κ3) is 2.34. The molecule has 0 bridgehead atoms. The molecule has 0 saturated carbocycles. The number of hydrogen-bond donors (Lipinski definition) is 1. The minimum absolute atomic E-state index is 0.323. The molecule has 0 fully saturated rings. The maximum absolute atomic E-state index is 13.8. The second-order valence-electron chi connectivity index (χ2n) is 4.70. The first-order valence-corrected chi connectivity index (χ1v) is 7.21. The molecule has 0 unspecified atom stereocenters. The van der Waals surface area contributed by atoms with E-state index in [2.05, 4.69) is 21.0 Å². The number of nitrogen functional groups attached to an aromatic ring is 1. The van der Waals surface area contributed by atoms with Crippen molar-refractivity contribution in [2.24, 2.45) is 7.05 Å². The van der Waals surface area contributed by atoms with Gasteiger partial charge < -0.3 is 5.73 Å². The molecule has 21 heavy (non-hydrogen) atoms. The van der Waals surface area contributed by atoms with Gasteiger partial charge in [-0.3, -0.25) is 4.68 Å². The molecule has 1 aromatic heterocycles. The van der Waals surface area contributed by atoms with E-state index in [0.29, 0.717) is 21.5 Å². The van der Waals surface area contributed by atoms with E-state index in [0.717, 1.165) is 11.1 Å². The summed E-state index contributed by atoms with van der Waals surface area (Å²) in [7, 11) is 1.78. The molecule has 0 amide bonds. The van der Waals surface area contributed by atoms with Gasteiger partial charge in [0.05, 0.1) is 10.0 Å². The van der Waals surface area contributed by atoms with E-state index in [4.69, 9.17) is 5.73 Å². The molecule has 0 aliphatic carbocycles. The van der Waals surface area contributed by atoms with Gasteiger partial charge in [-0.2, -0.15) is 5.10 Å². The van der Waals surface area contributed by atoms with Crippen molar-refractivity contribution in [3.8, 4) is 22.4 Å². The van der Waals surface area contributed by atoms with Gasteiger partial charge in [0.15, 0.2) is 0 Å². The quantitative estimate of drug-likeness (QED) is 0.754. The molecule has 0 atom stereocenters. The molecule has 3 rings (SSSR count). The van der Waals surface area contributed by atoms with E-state index < -0.39 is 0 Å². The molecule has 3 aromatic rings. The van der Waals surface area contributed by atoms with Crippen LogP contribution >= 0.6 is 15.9 Å². The predicted octanol–water partition coefficient (Wildman–Crippen LogP) is 4.24. The van der Waals surface area contributed by atoms with Gasteiger partial charge in [-0.1, -0.05) is 42.5 Å². The Kier molecular flexibility index (Phi) is 3.51. The lowest BCUT2D eigenvalue weighted by atomic mass is 10.0. The van der Waals surface area contributed by atoms with E-state index in [9.17, 15) is 4.39 Å². The van der Waals surface area contributed by atoms with Crippen LogP contribution in [0.15, 0.2) is 53.0 Å². The zero-order valence-electron chi connectivity index (χ0n) is 11.3. The molecule has 2 aromatic carbocycles. The monoisotopic (exact) mass is 345 g/mol. The van der Waals surface area contributed by atoms with Crippen molar-refractivity contribution in [2.75, 3.05) is 5.73 Å². The van der Waals surface area contributed by atoms with Crippen LogP contribution in [0.3, 0.4) is 0 Å². The van der Waals surface area contributed by atoms with E-state index in [1.54, 1.807) is 17.8 Å². The van der Waals surface area contributed by atoms with Gasteiger partial charge in [0.1, 0.15) is 17.3 Å². The third-order valence-electron chi connectivity index (χ3n) is 3.36. The molecule has 0 radical (unpaired) electrons. The lowest BCUT2D eigenvalue weighted by Crippen LogP contribution is -1.97. The zero-order valence-corrected chi connectivity index (χ0v) is 12.9. The van der Waals surface area contributed by atoms with Crippen LogP contribution in [-0.4, -0.2) is 9.78 Å². The van der Waals surface area contributed by atoms with Crippen molar-refractivity contribution < 1.29 is 4.39 Å². The minimum atomic E-state index is -0.323. The maximum Gasteiger partial charge on any atom is 0.138 e. The number of hydrogen-bond acceptors (Lipinski definition) is 2. The van der Waals surface area contributed by atoms with Gasteiger partial charge in [-0.05, 0) is 27.6 Å². The van der Waals surface area contributed by atoms with Crippen molar-refractivity contribution in [3.05, 3.63) is 58.8 Å². The SMILES string of the molecule is Cn1nc(-c2cccc(F)c2Br)c(-c2ccccc2)c1N. The van der Waals surface area contributed by atoms with Crippen LogP contribution in [0.4, 0.5) is 10.2 Å². The molecular formula is C16H13BrFN3. The van der Waals surface area contributed by atoms with Gasteiger partial charge in [-0.25, -0.2) is 4.39 Å². The van der Waals surface area contributed by atoms with Crippen molar-refractivity contribution in [1.82, 2.24) is 9.78 Å². The zero-order chi connectivity index (χ0) is 15.0. The summed E-state index contributed by atoms with van der Waals surface area (Å²) in [5.41, 5.74) is 9.26. The summed E-state index contributed by atoms with van der Waals surface area (Å²) in [6.45, 7) is 0. The predicted molar refractivity (Wildman–Crippen MR) is 86.2 cm³/mol. The number of nitrogens with two attached hydrogens (primary N) is 1. The topological polar surface area (TPSA) is 43.8 Å². The molecule has 0 saturated heterocycles. The van der Waals surface area contributed by atoms with Crippen LogP contribution in [-0.2, 0) is 7.05 Å². The third-order valence-corrected chi connectivity index (χ3v) is 4.17. The molecule has 3 nitrogen and oxygen atoms in total. The standard InChI is InChI=1S/C16H13BrFN3/c1-21-16(19)13(10-6-3-2-4-7-10)15(20-21)11-8-5-9-12(18)14(11)17/h2-9H,19H2,1H3. The van der Waals surface area contributed by atoms with Gasteiger partial charge in [-0.15, -0.1) is 0 Å². The van der Waals surface area contributed by atoms with Gasteiger partial charge in [0, 0.05) is 12.6 Å². The van der Waals surface area contributed by atoms with Gasteiger partial charge in [0.25, 0.3) is 0 Å². The van der Waals surface area contributed by atoms with Crippen LogP contribution < -0.4 is 5.73 Å². The highest BCUT2D eigenvalue weighted by Crippen LogP contribution is 2.39. The van der Waals surface area contributed by atoms with E-state index in [1.165, 1.54) is 6.07 Å². The Labute approximate surface area is 130 Å². The Bertz CT molecular complexity index is 797. The molecular weight excluding hydrogens is 333 g/mol. The van der Waals surface area contributed by atoms with Crippen molar-refractivity contribution in [1.29, 1.82) is 0 Å². The maximum atomic E-state index is 13.8. The fraction of sp³-hybridized carbons (Fsp3) is 0.0625. The Morgan fingerprint density at radius 1 is 1.10 bits per heavy atom. The number of nitrogens with zero attached hydrogens (tertiary/aromatic N) is 2. The first-order chi connectivity index (χ1) is 10.1. The molecule has 106 valence electrons. The number of aryl methyl sites for hydroxylation is 1. The first kappa shape index (κ1) is 13.8. The highest BCUT2D eigenvalue weighted by molar-refractivity contribution is 9.10. The summed E-state index contributed by atoms with van der Waals surface area (Å²) in [6.07, 6.45) is 0. The summed E-state index contributed by atoms with van der Waals surface area (Å²) in [5.74, 6) is 0.225. The second kappa shape index (κ2) is 5.33. The number of anilines is 1. The van der Waals surface area contributed by atoms with Gasteiger partial charge in [0.2, 0.25) is 0 Å². The average Bonchev–Trinajstić information content (AvgIpc) is 2.78. The number of aromatic nitrogens is 2. The van der Waals surface area contributed by atoms with Crippen LogP contribution in [0.2, 0.25) is 0 Å². The number of benzene rings is 2. The lowest BCUT2D eigenvalue weighted by molar-refractivity contribution is 0.621. The Balaban J connectivity index is 2.30. The van der Waals surface area contributed by atoms with Crippen LogP contribution in [0.25, 0.3) is 22.4 Å². The molecule has 0 spiro atoms. The molecule has 1 heterocycles. The molecule has 0 aliphatic rings. The number of halogens is 2. The normalized spacial score (nSPS) is 10.8. The lowest BCUT2D eigenvalue weighted by Gasteiger charge is -2.06. The van der Waals surface area contributed by atoms with Crippen molar-refractivity contribution in [2.45, 2.75) is 0 Å². The Morgan fingerprint density at radius 2 is 1.81 bits per heavy atom. The van der Waals surface area contributed by atoms with Crippen LogP contribution in [0.1, 0.15) is 0 Å². The summed E-state index contributed by atoms with van der Waals surface area (Å²) in [5, 5.41) is 4.45. The van der Waals surface area contributed by atoms with Crippen LogP contribution in [0, 0.1) is 5.82 Å². The van der Waals surface area contributed by atoms with Crippen molar-refractivity contribution in [3.63, 3.8) is 0 Å². The summed E-state index contributed by atoms with van der Waals surface area (Å²) >= 11 is 3.29. The average molecular weight is 346 g/mol. The molecule has 5 heteroatoms. The summed E-state index contributed by atoms with van der Waals surface area (Å²) in [6, 6.07) is 14.6. The van der Waals surface area contributed by atoms with E-state index >= 15 is 0 Å². The Hall–Kier alpha value is -2.14. The molecule has 0 aliphatic heterocycles. The molecule has 2 N–H and O–H groups in total. The largest absolute Gasteiger partial charge is 0.383 e. The summed E-state index contributed by atoms with van der Waals surface area (Å²) < 4.78 is 15.8. The van der Waals surface area contributed by atoms with E-state index in [-0.39, 0.29) is 5.82 Å². The fourth-order valence-electron chi connectivity index (χ4n) is 2.30. The first-order valence-electron chi connectivity index (χ1n) is 6.42. The Morgan fingerprint density at radius 3 is 2.52 bits per heavy atom. The number of rotatable bonds is 2. The second-order valence-corrected chi connectivity index (χ2v) is 5.49. The van der Waals surface area contributed by atoms with Crippen molar-refractivity contribution >= 4 is 21.7 Å². The van der Waals surface area contributed by atoms with E-state index in [1.807, 2.05) is 36.4 Å². The fourth-order valence-corrected chi connectivity index (χ4v) is 2.75. The highest BCUT2D eigenvalue weighted by atomic mass is 79.9.